The minimum absolute atomic E-state index is 0.282. The Labute approximate surface area is 417 Å². The van der Waals surface area contributed by atoms with E-state index in [4.69, 9.17) is 4.74 Å². The summed E-state index contributed by atoms with van der Waals surface area (Å²) in [7, 11) is 0. The molecule has 14 heteroatoms. The van der Waals surface area contributed by atoms with Gasteiger partial charge in [0.15, 0.2) is 0 Å². The molecule has 9 aromatic carbocycles. The van der Waals surface area contributed by atoms with E-state index in [1.165, 1.54) is 24.3 Å². The fourth-order valence-corrected chi connectivity index (χ4v) is 14.4. The van der Waals surface area contributed by atoms with Crippen LogP contribution in [0.5, 0.6) is 11.5 Å². The van der Waals surface area contributed by atoms with Crippen LogP contribution in [0.1, 0.15) is 27.8 Å². The number of alkyl halides is 6. The van der Waals surface area contributed by atoms with Crippen LogP contribution >= 0.6 is 0 Å². The SMILES string of the molecule is Cc1cc(C)c(B2c3ccccc3Oc3cc4c(cc32)B2c3cc(C(F)(F)F)ccc3N3c5ccc(C(F)(F)F)cc5B5c6ccccc6N6c7ccccc7B7c8ccccc8N4c4c7c6c5c3c42)c(C)c1. The smallest absolute Gasteiger partial charge is 0.416 e. The van der Waals surface area contributed by atoms with Crippen molar-refractivity contribution in [3.05, 3.63) is 186 Å². The average molecular weight is 959 g/mol. The van der Waals surface area contributed by atoms with Gasteiger partial charge >= 0.3 is 12.4 Å². The molecule has 0 radical (unpaired) electrons. The molecule has 9 aromatic rings. The molecule has 16 rings (SSSR count). The Morgan fingerprint density at radius 3 is 1.22 bits per heavy atom. The molecule has 73 heavy (non-hydrogen) atoms. The number of hydrogen-bond acceptors (Lipinski definition) is 4. The number of fused-ring (bicyclic) bond motifs is 20. The van der Waals surface area contributed by atoms with Crippen LogP contribution in [0.15, 0.2) is 158 Å². The van der Waals surface area contributed by atoms with Crippen molar-refractivity contribution in [2.75, 3.05) is 14.7 Å². The average Bonchev–Trinajstić information content (AvgIpc) is 3.38. The molecular formula is C59H35B4F6N3O. The minimum Gasteiger partial charge on any atom is -0.458 e. The van der Waals surface area contributed by atoms with Gasteiger partial charge < -0.3 is 19.4 Å². The van der Waals surface area contributed by atoms with Gasteiger partial charge in [0.1, 0.15) is 11.5 Å². The topological polar surface area (TPSA) is 19.0 Å². The quantitative estimate of drug-likeness (QED) is 0.129. The van der Waals surface area contributed by atoms with Gasteiger partial charge in [-0.15, -0.1) is 0 Å². The third-order valence-corrected chi connectivity index (χ3v) is 16.8. The van der Waals surface area contributed by atoms with Crippen LogP contribution in [-0.4, -0.2) is 26.9 Å². The van der Waals surface area contributed by atoms with E-state index in [9.17, 15) is 0 Å². The number of anilines is 9. The largest absolute Gasteiger partial charge is 0.458 e. The molecule has 4 nitrogen and oxygen atoms in total. The maximum Gasteiger partial charge on any atom is 0.416 e. The molecule has 0 spiro atoms. The maximum absolute atomic E-state index is 15.4. The van der Waals surface area contributed by atoms with Crippen molar-refractivity contribution in [3.8, 4) is 11.5 Å². The Morgan fingerprint density at radius 1 is 0.342 bits per heavy atom. The Balaban J connectivity index is 1.10. The number of benzene rings is 9. The summed E-state index contributed by atoms with van der Waals surface area (Å²) in [6.45, 7) is 4.34. The monoisotopic (exact) mass is 959 g/mol. The third-order valence-electron chi connectivity index (χ3n) is 16.8. The summed E-state index contributed by atoms with van der Waals surface area (Å²) in [6, 6.07) is 49.4. The Bertz CT molecular complexity index is 4040. The van der Waals surface area contributed by atoms with Crippen molar-refractivity contribution in [1.29, 1.82) is 0 Å². The molecule has 0 aliphatic carbocycles. The van der Waals surface area contributed by atoms with Crippen LogP contribution in [0, 0.1) is 20.8 Å². The molecule has 0 amide bonds. The molecule has 7 aliphatic rings. The Morgan fingerprint density at radius 2 is 0.726 bits per heavy atom. The zero-order chi connectivity index (χ0) is 49.3. The van der Waals surface area contributed by atoms with E-state index >= 15 is 26.3 Å². The van der Waals surface area contributed by atoms with Gasteiger partial charge in [0, 0.05) is 57.3 Å². The summed E-state index contributed by atoms with van der Waals surface area (Å²) in [6.07, 6.45) is -9.36. The fourth-order valence-electron chi connectivity index (χ4n) is 14.4. The molecule has 0 bridgehead atoms. The minimum atomic E-state index is -4.70. The highest BCUT2D eigenvalue weighted by atomic mass is 19.4. The molecule has 0 unspecified atom stereocenters. The van der Waals surface area contributed by atoms with Crippen LogP contribution in [0.3, 0.4) is 0 Å². The van der Waals surface area contributed by atoms with E-state index in [0.29, 0.717) is 28.0 Å². The van der Waals surface area contributed by atoms with Crippen molar-refractivity contribution in [2.24, 2.45) is 0 Å². The third kappa shape index (κ3) is 5.18. The fraction of sp³-hybridized carbons (Fsp3) is 0.0847. The summed E-state index contributed by atoms with van der Waals surface area (Å²) >= 11 is 0. The van der Waals surface area contributed by atoms with Crippen LogP contribution in [0.4, 0.5) is 77.5 Å². The summed E-state index contributed by atoms with van der Waals surface area (Å²) in [5, 5.41) is 0. The number of hydrogen-bond donors (Lipinski definition) is 0. The number of rotatable bonds is 1. The lowest BCUT2D eigenvalue weighted by Gasteiger charge is -2.55. The predicted octanol–water partition coefficient (Wildman–Crippen LogP) is 7.11. The van der Waals surface area contributed by atoms with Gasteiger partial charge in [-0.05, 0) is 129 Å². The summed E-state index contributed by atoms with van der Waals surface area (Å²) < 4.78 is 98.4. The predicted molar refractivity (Wildman–Crippen MR) is 286 cm³/mol. The zero-order valence-corrected chi connectivity index (χ0v) is 39.3. The molecule has 0 fully saturated rings. The molecule has 0 saturated carbocycles. The number of halogens is 6. The molecule has 0 N–H and O–H groups in total. The van der Waals surface area contributed by atoms with Crippen molar-refractivity contribution < 1.29 is 31.1 Å². The molecule has 346 valence electrons. The lowest BCUT2D eigenvalue weighted by Crippen LogP contribution is -2.75. The molecule has 0 aromatic heterocycles. The maximum atomic E-state index is 15.4. The van der Waals surface area contributed by atoms with Gasteiger partial charge in [-0.3, -0.25) is 0 Å². The first-order valence-electron chi connectivity index (χ1n) is 24.6. The number of ether oxygens (including phenoxy) is 1. The number of aryl methyl sites for hydroxylation is 3. The Kier molecular flexibility index (Phi) is 7.83. The number of para-hydroxylation sites is 4. The highest BCUT2D eigenvalue weighted by molar-refractivity contribution is 7.09. The van der Waals surface area contributed by atoms with E-state index in [1.807, 2.05) is 65.6 Å². The van der Waals surface area contributed by atoms with Crippen LogP contribution in [0.2, 0.25) is 0 Å². The summed E-state index contributed by atoms with van der Waals surface area (Å²) in [5.41, 5.74) is 19.2. The standard InChI is InChI=1S/C59H35B4F6N3O/c1-30-24-31(2)51(32(3)25-30)62-38-15-7-11-19-49(38)73-50-29-48-41(28-42(50)62)63-40-27-34(59(67,68)69)21-23-47(40)71-46-22-20-33(58(64,65)66)26-39(46)61-37-14-6-9-17-44(37)70-43-16-8-4-12-35(43)60-36-13-5-10-18-45(36)72(48)57-52(60)55(70)53(61)56(71)54(57)63/h4-29H,1-3H3. The highest BCUT2D eigenvalue weighted by Gasteiger charge is 2.58. The van der Waals surface area contributed by atoms with E-state index < -0.39 is 36.9 Å². The van der Waals surface area contributed by atoms with Gasteiger partial charge in [0.05, 0.1) is 11.1 Å². The lowest BCUT2D eigenvalue weighted by atomic mass is 9.24. The second-order valence-corrected chi connectivity index (χ2v) is 20.6. The normalized spacial score (nSPS) is 15.1. The van der Waals surface area contributed by atoms with Crippen LogP contribution in [-0.2, 0) is 12.4 Å². The van der Waals surface area contributed by atoms with Gasteiger partial charge in [-0.1, -0.05) is 125 Å². The van der Waals surface area contributed by atoms with Crippen molar-refractivity contribution in [1.82, 2.24) is 0 Å². The van der Waals surface area contributed by atoms with Crippen molar-refractivity contribution in [3.63, 3.8) is 0 Å². The summed E-state index contributed by atoms with van der Waals surface area (Å²) in [5.74, 6) is 1.40. The second-order valence-electron chi connectivity index (χ2n) is 20.6. The molecule has 0 atom stereocenters. The van der Waals surface area contributed by atoms with E-state index in [2.05, 4.69) is 91.2 Å². The lowest BCUT2D eigenvalue weighted by molar-refractivity contribution is -0.138. The first-order valence-corrected chi connectivity index (χ1v) is 24.6. The molecule has 7 heterocycles. The van der Waals surface area contributed by atoms with Gasteiger partial charge in [0.2, 0.25) is 0 Å². The first kappa shape index (κ1) is 41.6. The van der Waals surface area contributed by atoms with E-state index in [1.54, 1.807) is 0 Å². The second kappa shape index (κ2) is 13.7. The van der Waals surface area contributed by atoms with E-state index in [0.717, 1.165) is 129 Å². The zero-order valence-electron chi connectivity index (χ0n) is 39.3. The number of nitrogens with zero attached hydrogens (tertiary/aromatic N) is 3. The van der Waals surface area contributed by atoms with Crippen molar-refractivity contribution >= 4 is 144 Å². The molecule has 0 saturated heterocycles. The van der Waals surface area contributed by atoms with Gasteiger partial charge in [-0.25, -0.2) is 0 Å². The highest BCUT2D eigenvalue weighted by Crippen LogP contribution is 2.52. The van der Waals surface area contributed by atoms with Gasteiger partial charge in [0.25, 0.3) is 26.9 Å². The molecular weight excluding hydrogens is 924 g/mol. The van der Waals surface area contributed by atoms with Crippen LogP contribution in [0.25, 0.3) is 0 Å². The molecule has 7 aliphatic heterocycles. The summed E-state index contributed by atoms with van der Waals surface area (Å²) in [4.78, 5) is 6.62. The Hall–Kier alpha value is -7.98. The first-order chi connectivity index (χ1) is 35.3. The van der Waals surface area contributed by atoms with Crippen LogP contribution < -0.4 is 85.0 Å². The van der Waals surface area contributed by atoms with Crippen molar-refractivity contribution in [2.45, 2.75) is 33.1 Å². The van der Waals surface area contributed by atoms with E-state index in [-0.39, 0.29) is 13.4 Å². The van der Waals surface area contributed by atoms with Gasteiger partial charge in [-0.2, -0.15) is 26.3 Å².